The first-order chi connectivity index (χ1) is 6.91. The van der Waals surface area contributed by atoms with Crippen LogP contribution in [0.15, 0.2) is 24.3 Å². The molecule has 0 saturated heterocycles. The topological polar surface area (TPSA) is 60.2 Å². The maximum absolute atomic E-state index is 12.6. The van der Waals surface area contributed by atoms with E-state index in [2.05, 4.69) is 0 Å². The summed E-state index contributed by atoms with van der Waals surface area (Å²) in [6.07, 6.45) is 1.18. The zero-order valence-corrected chi connectivity index (χ0v) is 9.04. The van der Waals surface area contributed by atoms with Crippen LogP contribution in [0.1, 0.15) is 11.5 Å². The molecule has 0 bridgehead atoms. The van der Waals surface area contributed by atoms with Gasteiger partial charge in [0.05, 0.1) is 5.25 Å². The minimum Gasteiger partial charge on any atom is -0.326 e. The summed E-state index contributed by atoms with van der Waals surface area (Å²) >= 11 is 0. The fourth-order valence-corrected chi connectivity index (χ4v) is 3.47. The normalized spacial score (nSPS) is 30.2. The second-order valence-electron chi connectivity index (χ2n) is 3.95. The lowest BCUT2D eigenvalue weighted by Gasteiger charge is -1.98. The van der Waals surface area contributed by atoms with Gasteiger partial charge in [-0.3, -0.25) is 0 Å². The van der Waals surface area contributed by atoms with Gasteiger partial charge >= 0.3 is 0 Å². The fourth-order valence-electron chi connectivity index (χ4n) is 1.95. The third kappa shape index (κ3) is 1.89. The molecule has 1 aliphatic carbocycles. The maximum Gasteiger partial charge on any atom is 0.152 e. The van der Waals surface area contributed by atoms with Gasteiger partial charge in [0.25, 0.3) is 0 Å². The van der Waals surface area contributed by atoms with Gasteiger partial charge in [-0.2, -0.15) is 0 Å². The van der Waals surface area contributed by atoms with Crippen molar-refractivity contribution in [3.8, 4) is 0 Å². The average Bonchev–Trinajstić information content (AvgIpc) is 2.78. The predicted molar refractivity (Wildman–Crippen MR) is 55.7 cm³/mol. The van der Waals surface area contributed by atoms with Gasteiger partial charge in [0.1, 0.15) is 5.82 Å². The molecule has 1 saturated carbocycles. The Hall–Kier alpha value is -0.940. The number of rotatable bonds is 2. The van der Waals surface area contributed by atoms with Crippen LogP contribution in [0.25, 0.3) is 0 Å². The number of benzene rings is 1. The van der Waals surface area contributed by atoms with E-state index in [0.29, 0.717) is 0 Å². The minimum atomic E-state index is -3.11. The van der Waals surface area contributed by atoms with Crippen LogP contribution in [-0.4, -0.2) is 26.0 Å². The summed E-state index contributed by atoms with van der Waals surface area (Å²) in [7, 11) is -3.11. The Morgan fingerprint density at radius 1 is 1.27 bits per heavy atom. The highest BCUT2D eigenvalue weighted by atomic mass is 32.2. The first kappa shape index (κ1) is 10.6. The molecule has 5 heteroatoms. The molecule has 2 N–H and O–H groups in total. The number of sulfone groups is 1. The molecule has 0 unspecified atom stereocenters. The SMILES string of the molecule is CS(=O)(=O)[C@@H]1[C@H](N)[C@H]1c1ccc(F)cc1. The van der Waals surface area contributed by atoms with Crippen LogP contribution in [-0.2, 0) is 9.84 Å². The molecule has 1 aromatic rings. The van der Waals surface area contributed by atoms with Crippen LogP contribution in [0.3, 0.4) is 0 Å². The number of hydrogen-bond donors (Lipinski definition) is 1. The molecule has 1 fully saturated rings. The molecule has 1 aromatic carbocycles. The molecular formula is C10H12FNO2S. The van der Waals surface area contributed by atoms with E-state index in [1.165, 1.54) is 18.4 Å². The smallest absolute Gasteiger partial charge is 0.152 e. The number of nitrogens with two attached hydrogens (primary N) is 1. The van der Waals surface area contributed by atoms with Crippen LogP contribution in [0.4, 0.5) is 4.39 Å². The molecule has 0 aliphatic heterocycles. The van der Waals surface area contributed by atoms with Crippen molar-refractivity contribution in [3.63, 3.8) is 0 Å². The third-order valence-electron chi connectivity index (χ3n) is 2.76. The van der Waals surface area contributed by atoms with Crippen molar-refractivity contribution in [3.05, 3.63) is 35.6 Å². The number of hydrogen-bond acceptors (Lipinski definition) is 3. The molecule has 0 heterocycles. The maximum atomic E-state index is 12.6. The van der Waals surface area contributed by atoms with Crippen LogP contribution in [0.5, 0.6) is 0 Å². The zero-order valence-electron chi connectivity index (χ0n) is 8.22. The second kappa shape index (κ2) is 3.28. The average molecular weight is 229 g/mol. The van der Waals surface area contributed by atoms with Crippen molar-refractivity contribution >= 4 is 9.84 Å². The molecule has 0 amide bonds. The second-order valence-corrected chi connectivity index (χ2v) is 6.15. The van der Waals surface area contributed by atoms with Crippen molar-refractivity contribution in [2.45, 2.75) is 17.2 Å². The molecule has 15 heavy (non-hydrogen) atoms. The molecule has 3 nitrogen and oxygen atoms in total. The molecule has 0 aromatic heterocycles. The Morgan fingerprint density at radius 3 is 2.20 bits per heavy atom. The van der Waals surface area contributed by atoms with E-state index in [4.69, 9.17) is 5.73 Å². The van der Waals surface area contributed by atoms with Gasteiger partial charge < -0.3 is 5.73 Å². The van der Waals surface area contributed by atoms with E-state index in [-0.39, 0.29) is 17.8 Å². The van der Waals surface area contributed by atoms with Crippen LogP contribution >= 0.6 is 0 Å². The van der Waals surface area contributed by atoms with E-state index < -0.39 is 15.1 Å². The largest absolute Gasteiger partial charge is 0.326 e. The molecule has 1 aliphatic rings. The Kier molecular flexibility index (Phi) is 2.31. The van der Waals surface area contributed by atoms with Crippen molar-refractivity contribution in [1.82, 2.24) is 0 Å². The van der Waals surface area contributed by atoms with Gasteiger partial charge in [0, 0.05) is 18.2 Å². The van der Waals surface area contributed by atoms with Gasteiger partial charge in [-0.15, -0.1) is 0 Å². The Morgan fingerprint density at radius 2 is 1.80 bits per heavy atom. The van der Waals surface area contributed by atoms with E-state index in [0.717, 1.165) is 5.56 Å². The summed E-state index contributed by atoms with van der Waals surface area (Å²) in [5.74, 6) is -0.510. The van der Waals surface area contributed by atoms with Crippen molar-refractivity contribution in [1.29, 1.82) is 0 Å². The molecular weight excluding hydrogens is 217 g/mol. The van der Waals surface area contributed by atoms with Crippen LogP contribution in [0, 0.1) is 5.82 Å². The quantitative estimate of drug-likeness (QED) is 0.810. The Bertz CT molecular complexity index is 469. The third-order valence-corrected chi connectivity index (χ3v) is 4.35. The van der Waals surface area contributed by atoms with Gasteiger partial charge in [-0.05, 0) is 17.7 Å². The fraction of sp³-hybridized carbons (Fsp3) is 0.400. The highest BCUT2D eigenvalue weighted by Gasteiger charge is 2.54. The Labute approximate surface area is 88.0 Å². The first-order valence-electron chi connectivity index (χ1n) is 4.61. The molecule has 0 radical (unpaired) electrons. The monoisotopic (exact) mass is 229 g/mol. The summed E-state index contributed by atoms with van der Waals surface area (Å²) < 4.78 is 35.3. The summed E-state index contributed by atoms with van der Waals surface area (Å²) in [6.45, 7) is 0. The summed E-state index contributed by atoms with van der Waals surface area (Å²) in [5.41, 5.74) is 6.49. The first-order valence-corrected chi connectivity index (χ1v) is 6.56. The summed E-state index contributed by atoms with van der Waals surface area (Å²) in [6, 6.07) is 5.46. The molecule has 0 spiro atoms. The van der Waals surface area contributed by atoms with E-state index in [9.17, 15) is 12.8 Å². The minimum absolute atomic E-state index is 0.180. The number of halogens is 1. The van der Waals surface area contributed by atoms with Gasteiger partial charge in [0.15, 0.2) is 9.84 Å². The van der Waals surface area contributed by atoms with Gasteiger partial charge in [-0.25, -0.2) is 12.8 Å². The standard InChI is InChI=1S/C10H12FNO2S/c1-15(13,14)10-8(9(10)12)6-2-4-7(11)5-3-6/h2-5,8-10H,12H2,1H3/t8-,9-,10+/m1/s1. The Balaban J connectivity index is 2.26. The molecule has 82 valence electrons. The summed E-state index contributed by atoms with van der Waals surface area (Å²) in [5, 5.41) is -0.511. The van der Waals surface area contributed by atoms with E-state index in [1.54, 1.807) is 12.1 Å². The summed E-state index contributed by atoms with van der Waals surface area (Å²) in [4.78, 5) is 0. The lowest BCUT2D eigenvalue weighted by atomic mass is 10.1. The van der Waals surface area contributed by atoms with Crippen molar-refractivity contribution < 1.29 is 12.8 Å². The lowest BCUT2D eigenvalue weighted by Crippen LogP contribution is -2.13. The predicted octanol–water partition coefficient (Wildman–Crippen LogP) is 0.663. The van der Waals surface area contributed by atoms with Gasteiger partial charge in [-0.1, -0.05) is 12.1 Å². The van der Waals surface area contributed by atoms with Gasteiger partial charge in [0.2, 0.25) is 0 Å². The lowest BCUT2D eigenvalue weighted by molar-refractivity contribution is 0.599. The van der Waals surface area contributed by atoms with E-state index >= 15 is 0 Å². The van der Waals surface area contributed by atoms with Crippen LogP contribution in [0.2, 0.25) is 0 Å². The van der Waals surface area contributed by atoms with Crippen molar-refractivity contribution in [2.75, 3.05) is 6.26 Å². The van der Waals surface area contributed by atoms with Crippen molar-refractivity contribution in [2.24, 2.45) is 5.73 Å². The zero-order chi connectivity index (χ0) is 11.2. The van der Waals surface area contributed by atoms with E-state index in [1.807, 2.05) is 0 Å². The molecule has 3 atom stereocenters. The highest BCUT2D eigenvalue weighted by molar-refractivity contribution is 7.91. The van der Waals surface area contributed by atoms with Crippen LogP contribution < -0.4 is 5.73 Å². The molecule has 2 rings (SSSR count). The highest BCUT2D eigenvalue weighted by Crippen LogP contribution is 2.44.